The fourth-order valence-corrected chi connectivity index (χ4v) is 2.92. The van der Waals surface area contributed by atoms with Gasteiger partial charge in [-0.2, -0.15) is 0 Å². The highest BCUT2D eigenvalue weighted by atomic mass is 16.2. The summed E-state index contributed by atoms with van der Waals surface area (Å²) in [5, 5.41) is 8.97. The monoisotopic (exact) mass is 281 g/mol. The lowest BCUT2D eigenvalue weighted by Gasteiger charge is -2.16. The molecule has 6 heteroatoms. The van der Waals surface area contributed by atoms with Crippen LogP contribution in [0, 0.1) is 0 Å². The van der Waals surface area contributed by atoms with E-state index in [1.165, 1.54) is 0 Å². The first-order valence-electron chi connectivity index (χ1n) is 7.03. The third kappa shape index (κ3) is 2.08. The Balaban J connectivity index is 1.55. The Labute approximate surface area is 121 Å². The van der Waals surface area contributed by atoms with Gasteiger partial charge in [-0.3, -0.25) is 4.79 Å². The van der Waals surface area contributed by atoms with Gasteiger partial charge in [-0.15, -0.1) is 5.10 Å². The van der Waals surface area contributed by atoms with E-state index in [0.717, 1.165) is 29.4 Å². The molecule has 0 bridgehead atoms. The highest BCUT2D eigenvalue weighted by Crippen LogP contribution is 2.23. The van der Waals surface area contributed by atoms with Crippen molar-refractivity contribution < 1.29 is 4.79 Å². The molecule has 21 heavy (non-hydrogen) atoms. The smallest absolute Gasteiger partial charge is 0.254 e. The Kier molecular flexibility index (Phi) is 2.73. The molecule has 1 atom stereocenters. The SMILES string of the molecule is O=C(c1ccc2cc[nH]c2c1)N1CCC(n2ccnn2)C1. The number of carbonyl (C=O) groups excluding carboxylic acids is 1. The van der Waals surface area contributed by atoms with E-state index in [2.05, 4.69) is 15.3 Å². The number of likely N-dealkylation sites (tertiary alicyclic amines) is 1. The van der Waals surface area contributed by atoms with E-state index >= 15 is 0 Å². The first-order chi connectivity index (χ1) is 10.3. The lowest BCUT2D eigenvalue weighted by molar-refractivity contribution is 0.0787. The Bertz CT molecular complexity index is 776. The van der Waals surface area contributed by atoms with Crippen LogP contribution in [0.3, 0.4) is 0 Å². The molecule has 0 radical (unpaired) electrons. The van der Waals surface area contributed by atoms with E-state index < -0.39 is 0 Å². The molecule has 4 rings (SSSR count). The van der Waals surface area contributed by atoms with Gasteiger partial charge >= 0.3 is 0 Å². The number of carbonyl (C=O) groups is 1. The minimum absolute atomic E-state index is 0.0779. The molecule has 0 aliphatic carbocycles. The molecule has 1 aliphatic heterocycles. The maximum Gasteiger partial charge on any atom is 0.254 e. The summed E-state index contributed by atoms with van der Waals surface area (Å²) in [5.74, 6) is 0.0779. The van der Waals surface area contributed by atoms with Gasteiger partial charge in [0.15, 0.2) is 0 Å². The highest BCUT2D eigenvalue weighted by molar-refractivity contribution is 5.98. The molecular weight excluding hydrogens is 266 g/mol. The third-order valence-electron chi connectivity index (χ3n) is 4.07. The highest BCUT2D eigenvalue weighted by Gasteiger charge is 2.28. The van der Waals surface area contributed by atoms with Crippen molar-refractivity contribution in [3.8, 4) is 0 Å². The molecule has 1 aromatic carbocycles. The van der Waals surface area contributed by atoms with Crippen LogP contribution in [0.4, 0.5) is 0 Å². The Morgan fingerprint density at radius 2 is 2.29 bits per heavy atom. The molecule has 1 aliphatic rings. The number of aromatic amines is 1. The largest absolute Gasteiger partial charge is 0.361 e. The summed E-state index contributed by atoms with van der Waals surface area (Å²) in [6.07, 6.45) is 6.32. The lowest BCUT2D eigenvalue weighted by Crippen LogP contribution is -2.29. The minimum Gasteiger partial charge on any atom is -0.361 e. The van der Waals surface area contributed by atoms with Gasteiger partial charge in [-0.1, -0.05) is 11.3 Å². The molecule has 0 spiro atoms. The molecule has 6 nitrogen and oxygen atoms in total. The van der Waals surface area contributed by atoms with Crippen LogP contribution in [0.5, 0.6) is 0 Å². The average molecular weight is 281 g/mol. The second-order valence-electron chi connectivity index (χ2n) is 5.36. The van der Waals surface area contributed by atoms with Crippen molar-refractivity contribution in [2.75, 3.05) is 13.1 Å². The van der Waals surface area contributed by atoms with E-state index in [4.69, 9.17) is 0 Å². The molecule has 1 amide bonds. The summed E-state index contributed by atoms with van der Waals surface area (Å²) >= 11 is 0. The van der Waals surface area contributed by atoms with E-state index in [1.54, 1.807) is 6.20 Å². The van der Waals surface area contributed by atoms with Gasteiger partial charge in [0.1, 0.15) is 0 Å². The fraction of sp³-hybridized carbons (Fsp3) is 0.267. The number of hydrogen-bond donors (Lipinski definition) is 1. The van der Waals surface area contributed by atoms with Crippen LogP contribution in [0.2, 0.25) is 0 Å². The number of rotatable bonds is 2. The van der Waals surface area contributed by atoms with Gasteiger partial charge in [0.05, 0.1) is 12.2 Å². The first-order valence-corrected chi connectivity index (χ1v) is 7.03. The Morgan fingerprint density at radius 3 is 3.14 bits per heavy atom. The number of amides is 1. The number of nitrogens with zero attached hydrogens (tertiary/aromatic N) is 4. The van der Waals surface area contributed by atoms with Crippen LogP contribution in [-0.2, 0) is 0 Å². The van der Waals surface area contributed by atoms with Crippen molar-refractivity contribution in [2.45, 2.75) is 12.5 Å². The second-order valence-corrected chi connectivity index (χ2v) is 5.36. The van der Waals surface area contributed by atoms with Crippen LogP contribution >= 0.6 is 0 Å². The molecule has 0 saturated carbocycles. The standard InChI is InChI=1S/C15H15N5O/c21-15(12-2-1-11-3-5-16-14(11)9-12)19-7-4-13(10-19)20-8-6-17-18-20/h1-3,5-6,8-9,13,16H,4,7,10H2. The molecule has 1 unspecified atom stereocenters. The zero-order chi connectivity index (χ0) is 14.2. The van der Waals surface area contributed by atoms with Crippen LogP contribution in [0.1, 0.15) is 22.8 Å². The summed E-state index contributed by atoms with van der Waals surface area (Å²) in [7, 11) is 0. The van der Waals surface area contributed by atoms with Crippen molar-refractivity contribution in [1.82, 2.24) is 24.9 Å². The molecule has 1 fully saturated rings. The lowest BCUT2D eigenvalue weighted by atomic mass is 10.1. The van der Waals surface area contributed by atoms with Gasteiger partial charge in [0, 0.05) is 36.6 Å². The fourth-order valence-electron chi connectivity index (χ4n) is 2.92. The van der Waals surface area contributed by atoms with Gasteiger partial charge in [0.25, 0.3) is 5.91 Å². The van der Waals surface area contributed by atoms with E-state index in [9.17, 15) is 4.79 Å². The number of H-pyrrole nitrogens is 1. The van der Waals surface area contributed by atoms with E-state index in [0.29, 0.717) is 6.54 Å². The predicted molar refractivity (Wildman–Crippen MR) is 77.9 cm³/mol. The predicted octanol–water partition coefficient (Wildman–Crippen LogP) is 1.85. The maximum absolute atomic E-state index is 12.6. The molecule has 1 N–H and O–H groups in total. The van der Waals surface area contributed by atoms with Gasteiger partial charge in [-0.05, 0) is 30.0 Å². The summed E-state index contributed by atoms with van der Waals surface area (Å²) < 4.78 is 1.83. The number of nitrogens with one attached hydrogen (secondary N) is 1. The molecule has 2 aromatic heterocycles. The van der Waals surface area contributed by atoms with Crippen molar-refractivity contribution in [3.05, 3.63) is 48.4 Å². The third-order valence-corrected chi connectivity index (χ3v) is 4.07. The average Bonchev–Trinajstić information content (AvgIpc) is 3.24. The van der Waals surface area contributed by atoms with Crippen LogP contribution < -0.4 is 0 Å². The molecule has 106 valence electrons. The zero-order valence-corrected chi connectivity index (χ0v) is 11.4. The number of aromatic nitrogens is 4. The molecule has 3 heterocycles. The summed E-state index contributed by atoms with van der Waals surface area (Å²) in [5.41, 5.74) is 1.72. The Hall–Kier alpha value is -2.63. The topological polar surface area (TPSA) is 66.8 Å². The number of fused-ring (bicyclic) bond motifs is 1. The van der Waals surface area contributed by atoms with Crippen LogP contribution in [0.25, 0.3) is 10.9 Å². The van der Waals surface area contributed by atoms with Gasteiger partial charge < -0.3 is 9.88 Å². The maximum atomic E-state index is 12.6. The molecular formula is C15H15N5O. The van der Waals surface area contributed by atoms with E-state index in [1.807, 2.05) is 46.2 Å². The summed E-state index contributed by atoms with van der Waals surface area (Å²) in [4.78, 5) is 17.6. The van der Waals surface area contributed by atoms with Crippen molar-refractivity contribution in [3.63, 3.8) is 0 Å². The van der Waals surface area contributed by atoms with Crippen LogP contribution in [-0.4, -0.2) is 43.9 Å². The van der Waals surface area contributed by atoms with E-state index in [-0.39, 0.29) is 11.9 Å². The first kappa shape index (κ1) is 12.1. The van der Waals surface area contributed by atoms with Crippen LogP contribution in [0.15, 0.2) is 42.9 Å². The zero-order valence-electron chi connectivity index (χ0n) is 11.4. The second kappa shape index (κ2) is 4.73. The Morgan fingerprint density at radius 1 is 1.33 bits per heavy atom. The minimum atomic E-state index is 0.0779. The van der Waals surface area contributed by atoms with Crippen molar-refractivity contribution in [2.24, 2.45) is 0 Å². The summed E-state index contributed by atoms with van der Waals surface area (Å²) in [6.45, 7) is 1.44. The van der Waals surface area contributed by atoms with Crippen molar-refractivity contribution in [1.29, 1.82) is 0 Å². The molecule has 3 aromatic rings. The summed E-state index contributed by atoms with van der Waals surface area (Å²) in [6, 6.07) is 8.01. The molecule has 1 saturated heterocycles. The number of benzene rings is 1. The normalized spacial score (nSPS) is 18.5. The van der Waals surface area contributed by atoms with Gasteiger partial charge in [0.2, 0.25) is 0 Å². The number of hydrogen-bond acceptors (Lipinski definition) is 3. The quantitative estimate of drug-likeness (QED) is 0.779. The van der Waals surface area contributed by atoms with Gasteiger partial charge in [-0.25, -0.2) is 4.68 Å². The van der Waals surface area contributed by atoms with Crippen molar-refractivity contribution >= 4 is 16.8 Å².